The highest BCUT2D eigenvalue weighted by Crippen LogP contribution is 2.18. The molecule has 0 bridgehead atoms. The van der Waals surface area contributed by atoms with Crippen molar-refractivity contribution >= 4 is 11.7 Å². The summed E-state index contributed by atoms with van der Waals surface area (Å²) in [6, 6.07) is 3.75. The molecule has 0 spiro atoms. The molecule has 1 aliphatic rings. The fourth-order valence-electron chi connectivity index (χ4n) is 2.47. The molecule has 1 aromatic rings. The lowest BCUT2D eigenvalue weighted by Gasteiger charge is -2.21. The van der Waals surface area contributed by atoms with E-state index in [9.17, 15) is 4.79 Å². The second kappa shape index (κ2) is 6.38. The van der Waals surface area contributed by atoms with Crippen LogP contribution in [0.1, 0.15) is 55.3 Å². The lowest BCUT2D eigenvalue weighted by molar-refractivity contribution is 0.0931. The number of carbonyl (C=O) groups excluding carboxylic acids is 1. The van der Waals surface area contributed by atoms with Crippen LogP contribution in [0.3, 0.4) is 0 Å². The Morgan fingerprint density at radius 2 is 1.89 bits per heavy atom. The molecule has 0 aliphatic heterocycles. The van der Waals surface area contributed by atoms with Gasteiger partial charge in [0, 0.05) is 12.2 Å². The van der Waals surface area contributed by atoms with Crippen LogP contribution in [0.15, 0.2) is 18.3 Å². The molecule has 0 atom stereocenters. The normalized spacial score (nSPS) is 17.8. The summed E-state index contributed by atoms with van der Waals surface area (Å²) in [6.07, 6.45) is 10.0. The average molecular weight is 247 g/mol. The quantitative estimate of drug-likeness (QED) is 0.843. The minimum absolute atomic E-state index is 0.0915. The predicted octanol–water partition coefficient (Wildman–Crippen LogP) is 2.51. The number of hydrogen-bond donors (Lipinski definition) is 2. The van der Waals surface area contributed by atoms with Gasteiger partial charge >= 0.3 is 0 Å². The minimum atomic E-state index is -0.0915. The molecule has 1 fully saturated rings. The van der Waals surface area contributed by atoms with E-state index in [-0.39, 0.29) is 11.9 Å². The molecule has 1 amide bonds. The number of anilines is 1. The van der Waals surface area contributed by atoms with Gasteiger partial charge in [0.05, 0.1) is 5.56 Å². The highest BCUT2D eigenvalue weighted by atomic mass is 16.1. The van der Waals surface area contributed by atoms with Crippen molar-refractivity contribution in [2.45, 2.75) is 51.0 Å². The largest absolute Gasteiger partial charge is 0.383 e. The third-order valence-electron chi connectivity index (χ3n) is 3.52. The first-order valence-electron chi connectivity index (χ1n) is 6.79. The van der Waals surface area contributed by atoms with Gasteiger partial charge in [-0.1, -0.05) is 32.1 Å². The van der Waals surface area contributed by atoms with Crippen LogP contribution >= 0.6 is 0 Å². The van der Waals surface area contributed by atoms with Crippen molar-refractivity contribution in [1.29, 1.82) is 0 Å². The molecule has 3 N–H and O–H groups in total. The highest BCUT2D eigenvalue weighted by molar-refractivity contribution is 5.98. The topological polar surface area (TPSA) is 68.0 Å². The first kappa shape index (κ1) is 12.9. The first-order valence-corrected chi connectivity index (χ1v) is 6.79. The maximum absolute atomic E-state index is 12.1. The lowest BCUT2D eigenvalue weighted by Crippen LogP contribution is -2.35. The van der Waals surface area contributed by atoms with Crippen molar-refractivity contribution in [2.24, 2.45) is 0 Å². The van der Waals surface area contributed by atoms with E-state index in [1.165, 1.54) is 32.1 Å². The number of rotatable bonds is 2. The van der Waals surface area contributed by atoms with Crippen molar-refractivity contribution < 1.29 is 4.79 Å². The van der Waals surface area contributed by atoms with Gasteiger partial charge in [-0.25, -0.2) is 4.98 Å². The van der Waals surface area contributed by atoms with E-state index >= 15 is 0 Å². The standard InChI is InChI=1S/C14H21N3O/c15-13-12(9-6-10-16-13)14(18)17-11-7-4-2-1-3-5-8-11/h6,9-11H,1-5,7-8H2,(H2,15,16)(H,17,18). The van der Waals surface area contributed by atoms with E-state index in [1.54, 1.807) is 18.3 Å². The monoisotopic (exact) mass is 247 g/mol. The van der Waals surface area contributed by atoms with Crippen LogP contribution in [-0.2, 0) is 0 Å². The summed E-state index contributed by atoms with van der Waals surface area (Å²) < 4.78 is 0. The van der Waals surface area contributed by atoms with Crippen molar-refractivity contribution in [1.82, 2.24) is 10.3 Å². The number of amides is 1. The molecular weight excluding hydrogens is 226 g/mol. The highest BCUT2D eigenvalue weighted by Gasteiger charge is 2.16. The Hall–Kier alpha value is -1.58. The Balaban J connectivity index is 1.95. The zero-order valence-corrected chi connectivity index (χ0v) is 10.7. The lowest BCUT2D eigenvalue weighted by atomic mass is 9.96. The third-order valence-corrected chi connectivity index (χ3v) is 3.52. The van der Waals surface area contributed by atoms with Crippen LogP contribution in [0.5, 0.6) is 0 Å². The summed E-state index contributed by atoms with van der Waals surface area (Å²) >= 11 is 0. The molecule has 1 aromatic heterocycles. The van der Waals surface area contributed by atoms with E-state index in [4.69, 9.17) is 5.73 Å². The average Bonchev–Trinajstić information content (AvgIpc) is 2.33. The summed E-state index contributed by atoms with van der Waals surface area (Å²) in [4.78, 5) is 16.0. The maximum Gasteiger partial charge on any atom is 0.255 e. The van der Waals surface area contributed by atoms with Gasteiger partial charge in [0.25, 0.3) is 5.91 Å². The smallest absolute Gasteiger partial charge is 0.255 e. The molecule has 4 heteroatoms. The second-order valence-electron chi connectivity index (χ2n) is 4.95. The van der Waals surface area contributed by atoms with Crippen molar-refractivity contribution in [3.05, 3.63) is 23.9 Å². The molecule has 0 saturated heterocycles. The molecule has 98 valence electrons. The van der Waals surface area contributed by atoms with Gasteiger partial charge in [0.15, 0.2) is 0 Å². The fourth-order valence-corrected chi connectivity index (χ4v) is 2.47. The van der Waals surface area contributed by atoms with Gasteiger partial charge < -0.3 is 11.1 Å². The molecular formula is C14H21N3O. The zero-order chi connectivity index (χ0) is 12.8. The summed E-state index contributed by atoms with van der Waals surface area (Å²) in [6.45, 7) is 0. The summed E-state index contributed by atoms with van der Waals surface area (Å²) in [7, 11) is 0. The summed E-state index contributed by atoms with van der Waals surface area (Å²) in [5.41, 5.74) is 6.20. The van der Waals surface area contributed by atoms with E-state index in [0.29, 0.717) is 11.4 Å². The molecule has 1 aliphatic carbocycles. The van der Waals surface area contributed by atoms with Crippen molar-refractivity contribution in [3.63, 3.8) is 0 Å². The van der Waals surface area contributed by atoms with E-state index in [0.717, 1.165) is 12.8 Å². The van der Waals surface area contributed by atoms with Gasteiger partial charge in [-0.15, -0.1) is 0 Å². The number of carbonyl (C=O) groups is 1. The van der Waals surface area contributed by atoms with Gasteiger partial charge in [0.2, 0.25) is 0 Å². The SMILES string of the molecule is Nc1ncccc1C(=O)NC1CCCCCCC1. The van der Waals surface area contributed by atoms with E-state index in [2.05, 4.69) is 10.3 Å². The predicted molar refractivity (Wildman–Crippen MR) is 72.2 cm³/mol. The second-order valence-corrected chi connectivity index (χ2v) is 4.95. The van der Waals surface area contributed by atoms with Gasteiger partial charge in [0.1, 0.15) is 5.82 Å². The number of nitrogens with zero attached hydrogens (tertiary/aromatic N) is 1. The molecule has 18 heavy (non-hydrogen) atoms. The number of aromatic nitrogens is 1. The molecule has 0 radical (unpaired) electrons. The Morgan fingerprint density at radius 1 is 1.22 bits per heavy atom. The van der Waals surface area contributed by atoms with Gasteiger partial charge in [-0.05, 0) is 25.0 Å². The van der Waals surface area contributed by atoms with Crippen LogP contribution in [-0.4, -0.2) is 16.9 Å². The van der Waals surface area contributed by atoms with Crippen molar-refractivity contribution in [3.8, 4) is 0 Å². The molecule has 1 saturated carbocycles. The van der Waals surface area contributed by atoms with Crippen molar-refractivity contribution in [2.75, 3.05) is 5.73 Å². The van der Waals surface area contributed by atoms with Crippen LogP contribution in [0.25, 0.3) is 0 Å². The minimum Gasteiger partial charge on any atom is -0.383 e. The Morgan fingerprint density at radius 3 is 2.56 bits per heavy atom. The molecule has 1 heterocycles. The molecule has 4 nitrogen and oxygen atoms in total. The molecule has 0 aromatic carbocycles. The summed E-state index contributed by atoms with van der Waals surface area (Å²) in [5, 5.41) is 3.08. The molecule has 0 unspecified atom stereocenters. The van der Waals surface area contributed by atoms with Crippen LogP contribution in [0.4, 0.5) is 5.82 Å². The van der Waals surface area contributed by atoms with Gasteiger partial charge in [-0.3, -0.25) is 4.79 Å². The van der Waals surface area contributed by atoms with E-state index < -0.39 is 0 Å². The third kappa shape index (κ3) is 3.45. The van der Waals surface area contributed by atoms with Crippen LogP contribution < -0.4 is 11.1 Å². The maximum atomic E-state index is 12.1. The molecule has 2 rings (SSSR count). The Labute approximate surface area is 108 Å². The zero-order valence-electron chi connectivity index (χ0n) is 10.7. The van der Waals surface area contributed by atoms with Gasteiger partial charge in [-0.2, -0.15) is 0 Å². The Bertz CT molecular complexity index is 398. The van der Waals surface area contributed by atoms with Crippen LogP contribution in [0, 0.1) is 0 Å². The number of pyridine rings is 1. The number of nitrogens with two attached hydrogens (primary N) is 1. The number of nitrogen functional groups attached to an aromatic ring is 1. The number of hydrogen-bond acceptors (Lipinski definition) is 3. The van der Waals surface area contributed by atoms with E-state index in [1.807, 2.05) is 0 Å². The summed E-state index contributed by atoms with van der Waals surface area (Å²) in [5.74, 6) is 0.215. The van der Waals surface area contributed by atoms with Crippen LogP contribution in [0.2, 0.25) is 0 Å². The fraction of sp³-hybridized carbons (Fsp3) is 0.571. The Kier molecular flexibility index (Phi) is 4.56. The first-order chi connectivity index (χ1) is 8.77. The number of nitrogens with one attached hydrogen (secondary N) is 1.